The summed E-state index contributed by atoms with van der Waals surface area (Å²) in [6.07, 6.45) is 5.32. The van der Waals surface area contributed by atoms with Crippen LogP contribution in [0.25, 0.3) is 17.0 Å². The van der Waals surface area contributed by atoms with Gasteiger partial charge in [-0.15, -0.1) is 0 Å². The molecular formula is C19H25BNO2. The van der Waals surface area contributed by atoms with E-state index >= 15 is 0 Å². The normalized spacial score (nSPS) is 18.2. The lowest BCUT2D eigenvalue weighted by molar-refractivity contribution is -0.115. The molecule has 1 heterocycles. The molecule has 1 aliphatic rings. The van der Waals surface area contributed by atoms with Gasteiger partial charge in [-0.05, 0) is 57.6 Å². The molecule has 121 valence electrons. The standard InChI is InChI=1S/C19H25BNO2/c1-18(2,22-5)19(3,4)23-20-13-10-11-17-15(12-13)14-8-6-7-9-16(14)21-17/h6-11,13,21H,12H2,1-5H3. The first kappa shape index (κ1) is 16.3. The molecule has 1 aromatic heterocycles. The van der Waals surface area contributed by atoms with Gasteiger partial charge in [-0.3, -0.25) is 0 Å². The van der Waals surface area contributed by atoms with Crippen molar-refractivity contribution in [1.82, 2.24) is 4.98 Å². The first-order chi connectivity index (χ1) is 10.8. The van der Waals surface area contributed by atoms with E-state index in [4.69, 9.17) is 9.39 Å². The largest absolute Gasteiger partial charge is 0.432 e. The zero-order valence-electron chi connectivity index (χ0n) is 14.6. The van der Waals surface area contributed by atoms with E-state index in [0.717, 1.165) is 6.42 Å². The minimum atomic E-state index is -0.393. The van der Waals surface area contributed by atoms with Crippen LogP contribution >= 0.6 is 0 Å². The molecule has 2 aromatic rings. The van der Waals surface area contributed by atoms with E-state index in [-0.39, 0.29) is 11.4 Å². The third kappa shape index (κ3) is 2.98. The second kappa shape index (κ2) is 5.84. The lowest BCUT2D eigenvalue weighted by Crippen LogP contribution is -2.49. The molecule has 0 fully saturated rings. The average Bonchev–Trinajstić information content (AvgIpc) is 2.90. The number of nitrogens with one attached hydrogen (secondary N) is 1. The number of aromatic nitrogens is 1. The first-order valence-electron chi connectivity index (χ1n) is 8.18. The fourth-order valence-electron chi connectivity index (χ4n) is 2.85. The van der Waals surface area contributed by atoms with Crippen LogP contribution in [0, 0.1) is 0 Å². The topological polar surface area (TPSA) is 34.2 Å². The number of aromatic amines is 1. The highest BCUT2D eigenvalue weighted by Crippen LogP contribution is 2.34. The first-order valence-corrected chi connectivity index (χ1v) is 8.18. The maximum atomic E-state index is 6.12. The molecule has 1 aromatic carbocycles. The summed E-state index contributed by atoms with van der Waals surface area (Å²) in [7, 11) is 3.69. The number of fused-ring (bicyclic) bond motifs is 3. The van der Waals surface area contributed by atoms with Crippen LogP contribution in [0.15, 0.2) is 30.3 Å². The van der Waals surface area contributed by atoms with Crippen molar-refractivity contribution in [1.29, 1.82) is 0 Å². The van der Waals surface area contributed by atoms with E-state index in [1.165, 1.54) is 22.2 Å². The van der Waals surface area contributed by atoms with Crippen molar-refractivity contribution < 1.29 is 9.39 Å². The number of para-hydroxylation sites is 1. The van der Waals surface area contributed by atoms with E-state index < -0.39 is 5.60 Å². The highest BCUT2D eigenvalue weighted by molar-refractivity contribution is 6.31. The minimum Gasteiger partial charge on any atom is -0.432 e. The second-order valence-corrected chi connectivity index (χ2v) is 7.27. The molecule has 0 bridgehead atoms. The van der Waals surface area contributed by atoms with Crippen LogP contribution in [-0.4, -0.2) is 30.8 Å². The van der Waals surface area contributed by atoms with Crippen LogP contribution in [0.1, 0.15) is 39.0 Å². The van der Waals surface area contributed by atoms with Gasteiger partial charge in [-0.1, -0.05) is 24.3 Å². The minimum absolute atomic E-state index is 0.272. The van der Waals surface area contributed by atoms with Gasteiger partial charge in [0.25, 0.3) is 0 Å². The Labute approximate surface area is 139 Å². The number of ether oxygens (including phenoxy) is 1. The molecule has 3 nitrogen and oxygen atoms in total. The maximum absolute atomic E-state index is 6.12. The lowest BCUT2D eigenvalue weighted by atomic mass is 9.71. The summed E-state index contributed by atoms with van der Waals surface area (Å²) >= 11 is 0. The van der Waals surface area contributed by atoms with Crippen molar-refractivity contribution in [3.05, 3.63) is 41.6 Å². The molecule has 23 heavy (non-hydrogen) atoms. The summed E-state index contributed by atoms with van der Waals surface area (Å²) in [5.41, 5.74) is 3.04. The predicted octanol–water partition coefficient (Wildman–Crippen LogP) is 4.37. The highest BCUT2D eigenvalue weighted by Gasteiger charge is 2.38. The van der Waals surface area contributed by atoms with Gasteiger partial charge in [0.15, 0.2) is 0 Å². The van der Waals surface area contributed by atoms with Crippen molar-refractivity contribution >= 4 is 24.5 Å². The molecule has 0 spiro atoms. The lowest BCUT2D eigenvalue weighted by Gasteiger charge is -2.41. The average molecular weight is 310 g/mol. The van der Waals surface area contributed by atoms with Gasteiger partial charge < -0.3 is 14.4 Å². The van der Waals surface area contributed by atoms with E-state index in [1.54, 1.807) is 7.11 Å². The van der Waals surface area contributed by atoms with Crippen LogP contribution in [-0.2, 0) is 15.8 Å². The number of hydrogen-bond donors (Lipinski definition) is 1. The Balaban J connectivity index is 1.73. The summed E-state index contributed by atoms with van der Waals surface area (Å²) in [5, 5.41) is 1.31. The van der Waals surface area contributed by atoms with Crippen molar-refractivity contribution in [2.75, 3.05) is 7.11 Å². The monoisotopic (exact) mass is 310 g/mol. The summed E-state index contributed by atoms with van der Waals surface area (Å²) in [5.74, 6) is 0.272. The molecule has 0 saturated heterocycles. The van der Waals surface area contributed by atoms with Crippen molar-refractivity contribution in [3.63, 3.8) is 0 Å². The molecule has 0 amide bonds. The molecule has 1 aliphatic carbocycles. The Morgan fingerprint density at radius 3 is 2.61 bits per heavy atom. The van der Waals surface area contributed by atoms with Gasteiger partial charge in [0.2, 0.25) is 0 Å². The van der Waals surface area contributed by atoms with E-state index in [9.17, 15) is 0 Å². The molecule has 1 radical (unpaired) electrons. The van der Waals surface area contributed by atoms with Crippen LogP contribution in [0.5, 0.6) is 0 Å². The van der Waals surface area contributed by atoms with Crippen LogP contribution in [0.2, 0.25) is 5.82 Å². The van der Waals surface area contributed by atoms with Crippen LogP contribution in [0.3, 0.4) is 0 Å². The summed E-state index contributed by atoms with van der Waals surface area (Å²) in [6.45, 7) is 8.23. The van der Waals surface area contributed by atoms with Gasteiger partial charge in [0.1, 0.15) is 0 Å². The number of benzene rings is 1. The molecule has 1 N–H and O–H groups in total. The quantitative estimate of drug-likeness (QED) is 0.832. The molecule has 3 rings (SSSR count). The zero-order chi connectivity index (χ0) is 16.7. The summed E-state index contributed by atoms with van der Waals surface area (Å²) in [6, 6.07) is 8.46. The number of hydrogen-bond acceptors (Lipinski definition) is 2. The summed E-state index contributed by atoms with van der Waals surface area (Å²) in [4.78, 5) is 3.48. The van der Waals surface area contributed by atoms with Gasteiger partial charge in [-0.2, -0.15) is 0 Å². The number of allylic oxidation sites excluding steroid dienone is 1. The van der Waals surface area contributed by atoms with E-state index in [1.807, 2.05) is 7.48 Å². The fraction of sp³-hybridized carbons (Fsp3) is 0.474. The summed E-state index contributed by atoms with van der Waals surface area (Å²) < 4.78 is 11.7. The van der Waals surface area contributed by atoms with Gasteiger partial charge in [0, 0.05) is 23.7 Å². The Hall–Kier alpha value is -1.52. The predicted molar refractivity (Wildman–Crippen MR) is 96.8 cm³/mol. The third-order valence-electron chi connectivity index (χ3n) is 5.29. The van der Waals surface area contributed by atoms with Gasteiger partial charge in [-0.25, -0.2) is 0 Å². The highest BCUT2D eigenvalue weighted by atomic mass is 16.5. The van der Waals surface area contributed by atoms with E-state index in [0.29, 0.717) is 0 Å². The van der Waals surface area contributed by atoms with E-state index in [2.05, 4.69) is 69.1 Å². The molecule has 1 atom stereocenters. The van der Waals surface area contributed by atoms with Gasteiger partial charge >= 0.3 is 7.48 Å². The number of rotatable bonds is 5. The molecule has 0 saturated carbocycles. The Bertz CT molecular complexity index is 730. The SMILES string of the molecule is COC(C)(C)C(C)(C)O[B]C1C=Cc2[nH]c3ccccc3c2C1. The third-order valence-corrected chi connectivity index (χ3v) is 5.29. The van der Waals surface area contributed by atoms with Crippen molar-refractivity contribution in [2.45, 2.75) is 51.1 Å². The molecule has 1 unspecified atom stereocenters. The van der Waals surface area contributed by atoms with Crippen LogP contribution < -0.4 is 0 Å². The zero-order valence-corrected chi connectivity index (χ0v) is 14.6. The second-order valence-electron chi connectivity index (χ2n) is 7.27. The Morgan fingerprint density at radius 2 is 1.87 bits per heavy atom. The number of methoxy groups -OCH3 is 1. The smallest absolute Gasteiger partial charge is 0.301 e. The molecule has 4 heteroatoms. The maximum Gasteiger partial charge on any atom is 0.301 e. The van der Waals surface area contributed by atoms with Crippen molar-refractivity contribution in [2.24, 2.45) is 0 Å². The Morgan fingerprint density at radius 1 is 1.13 bits per heavy atom. The fourth-order valence-corrected chi connectivity index (χ4v) is 2.85. The molecular weight excluding hydrogens is 285 g/mol. The van der Waals surface area contributed by atoms with Crippen LogP contribution in [0.4, 0.5) is 0 Å². The number of H-pyrrole nitrogens is 1. The van der Waals surface area contributed by atoms with Crippen molar-refractivity contribution in [3.8, 4) is 0 Å². The Kier molecular flexibility index (Phi) is 4.15. The van der Waals surface area contributed by atoms with Gasteiger partial charge in [0.05, 0.1) is 11.2 Å². The molecule has 0 aliphatic heterocycles.